The maximum atomic E-state index is 13.6. The van der Waals surface area contributed by atoms with Crippen molar-refractivity contribution in [3.8, 4) is 0 Å². The van der Waals surface area contributed by atoms with Crippen LogP contribution < -0.4 is 20.9 Å². The van der Waals surface area contributed by atoms with Crippen LogP contribution in [-0.2, 0) is 19.1 Å². The summed E-state index contributed by atoms with van der Waals surface area (Å²) in [6, 6.07) is 6.06. The Morgan fingerprint density at radius 2 is 1.77 bits per heavy atom. The third-order valence-electron chi connectivity index (χ3n) is 13.7. The number of benzene rings is 1. The van der Waals surface area contributed by atoms with Crippen LogP contribution in [0.25, 0.3) is 5.65 Å². The Bertz CT molecular complexity index is 2510. The molecule has 5 aliphatic heterocycles. The molecule has 20 nitrogen and oxygen atoms in total. The third kappa shape index (κ3) is 7.98. The molecule has 4 saturated heterocycles. The molecule has 20 heteroatoms. The number of rotatable bonds is 14. The zero-order chi connectivity index (χ0) is 44.1. The zero-order valence-corrected chi connectivity index (χ0v) is 35.3. The van der Waals surface area contributed by atoms with E-state index in [0.717, 1.165) is 81.8 Å². The number of aromatic nitrogens is 5. The molecule has 4 N–H and O–H groups in total. The maximum absolute atomic E-state index is 13.6. The number of imide groups is 2. The van der Waals surface area contributed by atoms with E-state index in [2.05, 4.69) is 35.9 Å². The Morgan fingerprint density at radius 3 is 2.52 bits per heavy atom. The fraction of sp³-hybridized carbons (Fsp3) is 0.523. The second kappa shape index (κ2) is 17.4. The molecule has 0 spiro atoms. The summed E-state index contributed by atoms with van der Waals surface area (Å²) in [7, 11) is 0. The number of anilines is 3. The average Bonchev–Trinajstić information content (AvgIpc) is 4.15. The molecule has 6 aliphatic rings. The van der Waals surface area contributed by atoms with Gasteiger partial charge in [-0.3, -0.25) is 38.9 Å². The number of morpholine rings is 1. The van der Waals surface area contributed by atoms with Crippen molar-refractivity contribution in [3.05, 3.63) is 65.2 Å². The van der Waals surface area contributed by atoms with Gasteiger partial charge in [-0.15, -0.1) is 0 Å². The van der Waals surface area contributed by atoms with E-state index in [4.69, 9.17) is 14.5 Å². The lowest BCUT2D eigenvalue weighted by molar-refractivity contribution is -0.136. The lowest BCUT2D eigenvalue weighted by Gasteiger charge is -2.36. The van der Waals surface area contributed by atoms with Crippen molar-refractivity contribution < 1.29 is 43.3 Å². The van der Waals surface area contributed by atoms with Crippen LogP contribution in [0.15, 0.2) is 42.9 Å². The first-order valence-electron chi connectivity index (χ1n) is 22.4. The number of nitrogens with zero attached hydrogens (tertiary/aromatic N) is 8. The van der Waals surface area contributed by atoms with Crippen LogP contribution >= 0.6 is 0 Å². The summed E-state index contributed by atoms with van der Waals surface area (Å²) >= 11 is 0. The number of amides is 5. The maximum Gasteiger partial charge on any atom is 0.356 e. The van der Waals surface area contributed by atoms with Crippen LogP contribution in [0.1, 0.15) is 112 Å². The molecule has 64 heavy (non-hydrogen) atoms. The van der Waals surface area contributed by atoms with Gasteiger partial charge in [0, 0.05) is 57.6 Å². The smallest absolute Gasteiger partial charge is 0.356 e. The summed E-state index contributed by atoms with van der Waals surface area (Å²) in [6.07, 6.45) is 12.1. The molecule has 336 valence electrons. The van der Waals surface area contributed by atoms with Crippen molar-refractivity contribution >= 4 is 58.3 Å². The average molecular weight is 878 g/mol. The Balaban J connectivity index is 0.660. The van der Waals surface area contributed by atoms with Gasteiger partial charge in [0.1, 0.15) is 17.4 Å². The van der Waals surface area contributed by atoms with Gasteiger partial charge in [0.25, 0.3) is 17.7 Å². The number of piperidine rings is 2. The van der Waals surface area contributed by atoms with Gasteiger partial charge in [0.15, 0.2) is 11.3 Å². The highest BCUT2D eigenvalue weighted by molar-refractivity contribution is 6.25. The van der Waals surface area contributed by atoms with E-state index in [-0.39, 0.29) is 65.2 Å². The van der Waals surface area contributed by atoms with E-state index in [1.54, 1.807) is 33.6 Å². The topological polar surface area (TPSA) is 235 Å². The SMILES string of the molecule is O=C1CCC(N2C(=O)c3cccc(NCCCOC4CCN(CC5CCC(n6ncc(NC(=O)c7cnn8ccc(N9C[C@H]%10CC9CO%10)nc78)c6C(=O)O)CC5)CC4)c3C2=O)C(=O)N1. The molecule has 5 fully saturated rings. The summed E-state index contributed by atoms with van der Waals surface area (Å²) in [5, 5.41) is 27.4. The lowest BCUT2D eigenvalue weighted by Crippen LogP contribution is -2.54. The van der Waals surface area contributed by atoms with Crippen molar-refractivity contribution in [2.24, 2.45) is 5.92 Å². The summed E-state index contributed by atoms with van der Waals surface area (Å²) < 4.78 is 15.1. The predicted octanol–water partition coefficient (Wildman–Crippen LogP) is 2.97. The summed E-state index contributed by atoms with van der Waals surface area (Å²) in [4.78, 5) is 87.2. The second-order valence-corrected chi connectivity index (χ2v) is 17.7. The minimum Gasteiger partial charge on any atom is -0.476 e. The molecular weight excluding hydrogens is 827 g/mol. The molecule has 5 amide bonds. The van der Waals surface area contributed by atoms with Crippen LogP contribution in [0, 0.1) is 5.92 Å². The molecule has 3 atom stereocenters. The summed E-state index contributed by atoms with van der Waals surface area (Å²) in [6.45, 7) is 5.31. The van der Waals surface area contributed by atoms with E-state index >= 15 is 0 Å². The number of aromatic carboxylic acids is 1. The first-order chi connectivity index (χ1) is 31.1. The quantitative estimate of drug-likeness (QED) is 0.105. The Hall–Kier alpha value is -6.25. The molecule has 1 aliphatic carbocycles. The molecule has 1 saturated carbocycles. The molecule has 4 aromatic rings. The monoisotopic (exact) mass is 877 g/mol. The van der Waals surface area contributed by atoms with E-state index in [9.17, 15) is 33.9 Å². The number of hydrogen-bond acceptors (Lipinski definition) is 14. The number of ether oxygens (including phenoxy) is 2. The lowest BCUT2D eigenvalue weighted by atomic mass is 9.85. The van der Waals surface area contributed by atoms with E-state index in [1.165, 1.54) is 12.4 Å². The highest BCUT2D eigenvalue weighted by Gasteiger charge is 2.46. The molecule has 1 aromatic carbocycles. The Labute approximate surface area is 367 Å². The normalized spacial score (nSPS) is 25.0. The van der Waals surface area contributed by atoms with Gasteiger partial charge in [-0.1, -0.05) is 6.07 Å². The molecule has 10 rings (SSSR count). The van der Waals surface area contributed by atoms with Crippen molar-refractivity contribution in [1.82, 2.24) is 39.5 Å². The highest BCUT2D eigenvalue weighted by atomic mass is 16.5. The molecule has 0 radical (unpaired) electrons. The number of carboxylic acid groups (broad SMARTS) is 1. The number of nitrogens with one attached hydrogen (secondary N) is 3. The number of likely N-dealkylation sites (tertiary alicyclic amines) is 1. The minimum atomic E-state index is -1.16. The van der Waals surface area contributed by atoms with Gasteiger partial charge in [-0.25, -0.2) is 14.3 Å². The summed E-state index contributed by atoms with van der Waals surface area (Å²) in [5.41, 5.74) is 1.74. The standard InChI is InChI=1S/C44H51N11O9/c56-36-10-9-34(41(58)50-36)54-42(59)30-3-1-4-32(37(30)43(54)60)45-14-2-18-63-28-11-15-51(16-12-28)22-25-5-7-26(8-6-25)55-38(44(61)62)33(21-47-55)48-40(57)31-20-46-53-17-13-35(49-39(31)53)52-23-29-19-27(52)24-64-29/h1,3-4,13,17,20-21,25-29,34,45H,2,5-12,14-16,18-19,22-24H2,(H,48,57)(H,61,62)(H,50,56,58)/t25?,26?,27?,29-,34?/m1/s1. The van der Waals surface area contributed by atoms with Crippen molar-refractivity contribution in [3.63, 3.8) is 0 Å². The van der Waals surface area contributed by atoms with Crippen molar-refractivity contribution in [2.75, 3.05) is 61.5 Å². The van der Waals surface area contributed by atoms with Gasteiger partial charge >= 0.3 is 5.97 Å². The van der Waals surface area contributed by atoms with Gasteiger partial charge in [0.2, 0.25) is 11.8 Å². The Kier molecular flexibility index (Phi) is 11.3. The minimum absolute atomic E-state index is 0.0404. The molecule has 8 heterocycles. The third-order valence-corrected chi connectivity index (χ3v) is 13.7. The van der Waals surface area contributed by atoms with E-state index in [1.807, 2.05) is 6.07 Å². The molecular formula is C44H51N11O9. The fourth-order valence-corrected chi connectivity index (χ4v) is 10.4. The summed E-state index contributed by atoms with van der Waals surface area (Å²) in [5.74, 6) is -2.54. The zero-order valence-electron chi connectivity index (χ0n) is 35.3. The first-order valence-corrected chi connectivity index (χ1v) is 22.4. The Morgan fingerprint density at radius 1 is 0.938 bits per heavy atom. The predicted molar refractivity (Wildman–Crippen MR) is 228 cm³/mol. The number of fused-ring (bicyclic) bond motifs is 4. The largest absolute Gasteiger partial charge is 0.476 e. The van der Waals surface area contributed by atoms with E-state index in [0.29, 0.717) is 43.4 Å². The fourth-order valence-electron chi connectivity index (χ4n) is 10.4. The highest BCUT2D eigenvalue weighted by Crippen LogP contribution is 2.36. The number of carboxylic acids is 1. The second-order valence-electron chi connectivity index (χ2n) is 17.7. The number of carbonyl (C=O) groups excluding carboxylic acids is 5. The van der Waals surface area contributed by atoms with Crippen LogP contribution in [0.3, 0.4) is 0 Å². The van der Waals surface area contributed by atoms with Gasteiger partial charge < -0.3 is 35.0 Å². The van der Waals surface area contributed by atoms with Gasteiger partial charge in [0.05, 0.1) is 60.1 Å². The van der Waals surface area contributed by atoms with Crippen molar-refractivity contribution in [1.29, 1.82) is 0 Å². The number of carbonyl (C=O) groups is 6. The first kappa shape index (κ1) is 41.7. The van der Waals surface area contributed by atoms with Crippen molar-refractivity contribution in [2.45, 2.75) is 94.5 Å². The van der Waals surface area contributed by atoms with Crippen LogP contribution in [0.5, 0.6) is 0 Å². The van der Waals surface area contributed by atoms with Crippen LogP contribution in [0.4, 0.5) is 17.2 Å². The van der Waals surface area contributed by atoms with E-state index < -0.39 is 41.5 Å². The number of hydrogen-bond donors (Lipinski definition) is 4. The van der Waals surface area contributed by atoms with Crippen LogP contribution in [-0.4, -0.2) is 145 Å². The molecule has 2 bridgehead atoms. The van der Waals surface area contributed by atoms with Gasteiger partial charge in [-0.2, -0.15) is 10.2 Å². The molecule has 3 aromatic heterocycles. The van der Waals surface area contributed by atoms with Gasteiger partial charge in [-0.05, 0) is 81.9 Å². The molecule has 2 unspecified atom stereocenters. The van der Waals surface area contributed by atoms with Crippen LogP contribution in [0.2, 0.25) is 0 Å².